The van der Waals surface area contributed by atoms with Gasteiger partial charge in [0.15, 0.2) is 5.82 Å². The number of halogens is 1. The fourth-order valence-corrected chi connectivity index (χ4v) is 4.72. The lowest BCUT2D eigenvalue weighted by Gasteiger charge is -2.34. The molecule has 0 saturated carbocycles. The molecule has 8 heteroatoms. The number of carbonyl (C=O) groups is 1. The zero-order chi connectivity index (χ0) is 22.1. The first-order chi connectivity index (χ1) is 15.6. The van der Waals surface area contributed by atoms with Crippen LogP contribution < -0.4 is 10.2 Å². The van der Waals surface area contributed by atoms with Crippen molar-refractivity contribution in [3.8, 4) is 17.1 Å². The molecule has 2 aliphatic rings. The van der Waals surface area contributed by atoms with E-state index in [0.717, 1.165) is 55.5 Å². The smallest absolute Gasteiger partial charge is 0.249 e. The van der Waals surface area contributed by atoms with Crippen molar-refractivity contribution < 1.29 is 14.6 Å². The standard InChI is InChI=1S/C24H25ClN4O3/c25-17-6-3-8-19(30)21(17)22-27-18-7-2-1-5-16(18)23(28-22)29-12-10-15(11-13-29)26-24(31)20-9-4-14-32-20/h1-3,5-8,15,20,30H,4,9-14H2,(H,26,31). The molecule has 1 atom stereocenters. The molecule has 2 N–H and O–H groups in total. The lowest BCUT2D eigenvalue weighted by Crippen LogP contribution is -2.47. The predicted octanol–water partition coefficient (Wildman–Crippen LogP) is 3.92. The number of para-hydroxylation sites is 1. The molecule has 166 valence electrons. The Balaban J connectivity index is 1.40. The van der Waals surface area contributed by atoms with E-state index in [9.17, 15) is 9.90 Å². The van der Waals surface area contributed by atoms with Gasteiger partial charge in [-0.2, -0.15) is 0 Å². The number of amides is 1. The SMILES string of the molecule is O=C(NC1CCN(c2nc(-c3c(O)cccc3Cl)nc3ccccc23)CC1)C1CCCO1. The first-order valence-corrected chi connectivity index (χ1v) is 11.4. The van der Waals surface area contributed by atoms with Gasteiger partial charge in [-0.1, -0.05) is 29.8 Å². The van der Waals surface area contributed by atoms with Crippen LogP contribution in [0, 0.1) is 0 Å². The topological polar surface area (TPSA) is 87.6 Å². The normalized spacial score (nSPS) is 19.4. The summed E-state index contributed by atoms with van der Waals surface area (Å²) >= 11 is 6.37. The highest BCUT2D eigenvalue weighted by atomic mass is 35.5. The number of rotatable bonds is 4. The molecule has 3 heterocycles. The molecule has 2 saturated heterocycles. The lowest BCUT2D eigenvalue weighted by molar-refractivity contribution is -0.130. The van der Waals surface area contributed by atoms with E-state index in [2.05, 4.69) is 15.2 Å². The van der Waals surface area contributed by atoms with E-state index in [-0.39, 0.29) is 23.8 Å². The molecule has 2 fully saturated rings. The Hall–Kier alpha value is -2.90. The summed E-state index contributed by atoms with van der Waals surface area (Å²) in [6.45, 7) is 2.18. The van der Waals surface area contributed by atoms with Gasteiger partial charge in [0.25, 0.3) is 0 Å². The summed E-state index contributed by atoms with van der Waals surface area (Å²) in [6.07, 6.45) is 3.09. The van der Waals surface area contributed by atoms with Gasteiger partial charge in [0.2, 0.25) is 5.91 Å². The van der Waals surface area contributed by atoms with Crippen LogP contribution >= 0.6 is 11.6 Å². The summed E-state index contributed by atoms with van der Waals surface area (Å²) in [5, 5.41) is 14.9. The van der Waals surface area contributed by atoms with E-state index in [0.29, 0.717) is 23.0 Å². The van der Waals surface area contributed by atoms with Crippen LogP contribution in [-0.2, 0) is 9.53 Å². The highest BCUT2D eigenvalue weighted by Crippen LogP contribution is 2.36. The molecular weight excluding hydrogens is 428 g/mol. The van der Waals surface area contributed by atoms with Crippen molar-refractivity contribution in [2.75, 3.05) is 24.6 Å². The number of hydrogen-bond donors (Lipinski definition) is 2. The molecule has 7 nitrogen and oxygen atoms in total. The van der Waals surface area contributed by atoms with Crippen LogP contribution in [0.2, 0.25) is 5.02 Å². The molecule has 1 amide bonds. The van der Waals surface area contributed by atoms with Crippen molar-refractivity contribution in [2.45, 2.75) is 37.8 Å². The molecule has 0 bridgehead atoms. The van der Waals surface area contributed by atoms with Crippen LogP contribution in [0.25, 0.3) is 22.3 Å². The van der Waals surface area contributed by atoms with Crippen molar-refractivity contribution in [2.24, 2.45) is 0 Å². The molecule has 0 aliphatic carbocycles. The number of fused-ring (bicyclic) bond motifs is 1. The number of hydrogen-bond acceptors (Lipinski definition) is 6. The number of phenols is 1. The van der Waals surface area contributed by atoms with Gasteiger partial charge in [0, 0.05) is 31.1 Å². The maximum absolute atomic E-state index is 12.4. The lowest BCUT2D eigenvalue weighted by atomic mass is 10.0. The molecule has 0 spiro atoms. The minimum atomic E-state index is -0.301. The summed E-state index contributed by atoms with van der Waals surface area (Å²) < 4.78 is 5.50. The fourth-order valence-electron chi connectivity index (χ4n) is 4.46. The molecule has 32 heavy (non-hydrogen) atoms. The van der Waals surface area contributed by atoms with Crippen molar-refractivity contribution in [3.05, 3.63) is 47.5 Å². The highest BCUT2D eigenvalue weighted by Gasteiger charge is 2.28. The van der Waals surface area contributed by atoms with Gasteiger partial charge in [0.05, 0.1) is 16.1 Å². The zero-order valence-electron chi connectivity index (χ0n) is 17.6. The third kappa shape index (κ3) is 4.10. The summed E-state index contributed by atoms with van der Waals surface area (Å²) in [6, 6.07) is 13.0. The van der Waals surface area contributed by atoms with E-state index < -0.39 is 0 Å². The average Bonchev–Trinajstić information content (AvgIpc) is 3.34. The quantitative estimate of drug-likeness (QED) is 0.623. The Morgan fingerprint density at radius 2 is 1.91 bits per heavy atom. The Morgan fingerprint density at radius 3 is 2.66 bits per heavy atom. The predicted molar refractivity (Wildman–Crippen MR) is 124 cm³/mol. The van der Waals surface area contributed by atoms with Crippen LogP contribution in [0.1, 0.15) is 25.7 Å². The average molecular weight is 453 g/mol. The number of aromatic nitrogens is 2. The number of phenolic OH excluding ortho intramolecular Hbond substituents is 1. The van der Waals surface area contributed by atoms with E-state index >= 15 is 0 Å². The van der Waals surface area contributed by atoms with Crippen LogP contribution in [-0.4, -0.2) is 52.8 Å². The van der Waals surface area contributed by atoms with Gasteiger partial charge in [-0.05, 0) is 49.9 Å². The Kier molecular flexibility index (Phi) is 5.85. The van der Waals surface area contributed by atoms with Crippen molar-refractivity contribution in [1.82, 2.24) is 15.3 Å². The highest BCUT2D eigenvalue weighted by molar-refractivity contribution is 6.33. The second-order valence-electron chi connectivity index (χ2n) is 8.29. The second kappa shape index (κ2) is 8.92. The van der Waals surface area contributed by atoms with Crippen LogP contribution in [0.5, 0.6) is 5.75 Å². The molecule has 2 aliphatic heterocycles. The molecule has 2 aromatic carbocycles. The molecule has 0 radical (unpaired) electrons. The van der Waals surface area contributed by atoms with E-state index in [4.69, 9.17) is 21.3 Å². The summed E-state index contributed by atoms with van der Waals surface area (Å²) in [5.74, 6) is 1.27. The monoisotopic (exact) mass is 452 g/mol. The number of carbonyl (C=O) groups excluding carboxylic acids is 1. The maximum atomic E-state index is 12.4. The maximum Gasteiger partial charge on any atom is 0.249 e. The summed E-state index contributed by atoms with van der Waals surface area (Å²) in [5.41, 5.74) is 1.22. The molecular formula is C24H25ClN4O3. The van der Waals surface area contributed by atoms with Crippen molar-refractivity contribution in [3.63, 3.8) is 0 Å². The number of aromatic hydroxyl groups is 1. The Morgan fingerprint density at radius 1 is 1.09 bits per heavy atom. The number of benzene rings is 2. The number of nitrogens with zero attached hydrogens (tertiary/aromatic N) is 3. The van der Waals surface area contributed by atoms with Gasteiger partial charge in [0.1, 0.15) is 17.7 Å². The van der Waals surface area contributed by atoms with Gasteiger partial charge in [-0.15, -0.1) is 0 Å². The van der Waals surface area contributed by atoms with E-state index in [1.54, 1.807) is 18.2 Å². The first kappa shape index (κ1) is 21.0. The van der Waals surface area contributed by atoms with Gasteiger partial charge < -0.3 is 20.1 Å². The van der Waals surface area contributed by atoms with Crippen molar-refractivity contribution >= 4 is 34.2 Å². The molecule has 3 aromatic rings. The van der Waals surface area contributed by atoms with Crippen molar-refractivity contribution in [1.29, 1.82) is 0 Å². The minimum Gasteiger partial charge on any atom is -0.507 e. The molecule has 1 aromatic heterocycles. The van der Waals surface area contributed by atoms with Crippen LogP contribution in [0.3, 0.4) is 0 Å². The Bertz CT molecular complexity index is 1120. The largest absolute Gasteiger partial charge is 0.507 e. The minimum absolute atomic E-state index is 0.00455. The van der Waals surface area contributed by atoms with Gasteiger partial charge >= 0.3 is 0 Å². The zero-order valence-corrected chi connectivity index (χ0v) is 18.4. The fraction of sp³-hybridized carbons (Fsp3) is 0.375. The third-order valence-electron chi connectivity index (χ3n) is 6.16. The summed E-state index contributed by atoms with van der Waals surface area (Å²) in [7, 11) is 0. The number of piperidine rings is 1. The van der Waals surface area contributed by atoms with Gasteiger partial charge in [-0.25, -0.2) is 9.97 Å². The second-order valence-corrected chi connectivity index (χ2v) is 8.70. The Labute approximate surface area is 191 Å². The number of nitrogens with one attached hydrogen (secondary N) is 1. The van der Waals surface area contributed by atoms with E-state index in [1.807, 2.05) is 24.3 Å². The molecule has 1 unspecified atom stereocenters. The number of anilines is 1. The third-order valence-corrected chi connectivity index (χ3v) is 6.48. The summed E-state index contributed by atoms with van der Waals surface area (Å²) in [4.78, 5) is 24.1. The number of ether oxygens (including phenoxy) is 1. The van der Waals surface area contributed by atoms with Crippen LogP contribution in [0.15, 0.2) is 42.5 Å². The first-order valence-electron chi connectivity index (χ1n) is 11.0. The van der Waals surface area contributed by atoms with Crippen LogP contribution in [0.4, 0.5) is 5.82 Å². The van der Waals surface area contributed by atoms with Gasteiger partial charge in [-0.3, -0.25) is 4.79 Å². The van der Waals surface area contributed by atoms with E-state index in [1.165, 1.54) is 0 Å². The molecule has 5 rings (SSSR count).